The summed E-state index contributed by atoms with van der Waals surface area (Å²) in [4.78, 5) is 0. The van der Waals surface area contributed by atoms with E-state index in [9.17, 15) is 4.39 Å². The molecule has 0 bridgehead atoms. The number of benzene rings is 2. The van der Waals surface area contributed by atoms with Crippen molar-refractivity contribution in [2.45, 2.75) is 30.5 Å². The number of nitrogens with zero attached hydrogens (tertiary/aromatic N) is 2. The Hall–Kier alpha value is -3.36. The van der Waals surface area contributed by atoms with Crippen molar-refractivity contribution < 1.29 is 9.13 Å². The maximum Gasteiger partial charge on any atom is 0.163 e. The molecule has 1 spiro atoms. The molecule has 2 heterocycles. The molecule has 1 aromatic heterocycles. The van der Waals surface area contributed by atoms with Crippen LogP contribution in [0.1, 0.15) is 29.7 Å². The number of hydrogen-bond acceptors (Lipinski definition) is 3. The van der Waals surface area contributed by atoms with Gasteiger partial charge < -0.3 is 10.5 Å². The van der Waals surface area contributed by atoms with E-state index < -0.39 is 5.60 Å². The highest BCUT2D eigenvalue weighted by Crippen LogP contribution is 2.65. The molecule has 2 aromatic carbocycles. The molecular weight excluding hydrogens is 365 g/mol. The standard InChI is InChI=1S/C24H18FN3O/c25-19-5-7-20(8-6-19)28-22-13-18-10-12-23(11-9-16-3-1-2-4-21(16)26)24(18,29-23)14-17(22)15-27-28/h1-8,13,15H,10,12,14,26H2/t23-,24?/m0/s1. The number of aromatic nitrogens is 2. The zero-order valence-corrected chi connectivity index (χ0v) is 15.7. The van der Waals surface area contributed by atoms with Gasteiger partial charge in [0.2, 0.25) is 0 Å². The van der Waals surface area contributed by atoms with Crippen molar-refractivity contribution in [2.75, 3.05) is 5.73 Å². The average molecular weight is 383 g/mol. The second kappa shape index (κ2) is 5.59. The maximum absolute atomic E-state index is 13.3. The Balaban J connectivity index is 1.36. The average Bonchev–Trinajstić information content (AvgIpc) is 3.01. The van der Waals surface area contributed by atoms with Gasteiger partial charge in [-0.2, -0.15) is 5.10 Å². The molecule has 29 heavy (non-hydrogen) atoms. The number of para-hydroxylation sites is 1. The first-order valence-electron chi connectivity index (χ1n) is 9.72. The summed E-state index contributed by atoms with van der Waals surface area (Å²) in [5.74, 6) is 6.38. The SMILES string of the molecule is Nc1ccccc1C#C[C@]12CCC3=Cc4c(cnn4-c4ccc(F)cc4)CC31O2. The molecule has 1 aliphatic heterocycles. The second-order valence-corrected chi connectivity index (χ2v) is 7.88. The predicted molar refractivity (Wildman–Crippen MR) is 109 cm³/mol. The zero-order valence-electron chi connectivity index (χ0n) is 15.7. The molecule has 4 nitrogen and oxygen atoms in total. The van der Waals surface area contributed by atoms with Crippen LogP contribution in [0.4, 0.5) is 10.1 Å². The topological polar surface area (TPSA) is 56.4 Å². The molecule has 5 heteroatoms. The molecule has 1 saturated heterocycles. The summed E-state index contributed by atoms with van der Waals surface area (Å²) in [7, 11) is 0. The number of epoxide rings is 1. The monoisotopic (exact) mass is 383 g/mol. The second-order valence-electron chi connectivity index (χ2n) is 7.88. The van der Waals surface area contributed by atoms with Crippen molar-refractivity contribution in [3.8, 4) is 17.5 Å². The minimum atomic E-state index is -0.434. The number of rotatable bonds is 1. The number of nitrogen functional groups attached to an aromatic ring is 1. The van der Waals surface area contributed by atoms with E-state index in [4.69, 9.17) is 10.5 Å². The molecule has 3 aliphatic rings. The van der Waals surface area contributed by atoms with E-state index in [0.717, 1.165) is 41.8 Å². The van der Waals surface area contributed by atoms with Gasteiger partial charge in [-0.25, -0.2) is 9.07 Å². The minimum absolute atomic E-state index is 0.253. The first kappa shape index (κ1) is 16.6. The van der Waals surface area contributed by atoms with Gasteiger partial charge in [-0.05, 0) is 60.9 Å². The highest BCUT2D eigenvalue weighted by molar-refractivity contribution is 5.69. The van der Waals surface area contributed by atoms with Crippen LogP contribution in [0.2, 0.25) is 0 Å². The van der Waals surface area contributed by atoms with Crippen molar-refractivity contribution >= 4 is 11.8 Å². The quantitative estimate of drug-likeness (QED) is 0.394. The van der Waals surface area contributed by atoms with Crippen LogP contribution in [0, 0.1) is 17.7 Å². The van der Waals surface area contributed by atoms with Gasteiger partial charge in [0, 0.05) is 23.2 Å². The predicted octanol–water partition coefficient (Wildman–Crippen LogP) is 3.89. The molecule has 3 aromatic rings. The summed E-state index contributed by atoms with van der Waals surface area (Å²) in [5.41, 5.74) is 11.1. The Morgan fingerprint density at radius 1 is 1.14 bits per heavy atom. The molecule has 2 N–H and O–H groups in total. The number of halogens is 1. The normalized spacial score (nSPS) is 25.9. The molecule has 142 valence electrons. The Morgan fingerprint density at radius 2 is 1.97 bits per heavy atom. The molecule has 0 radical (unpaired) electrons. The van der Waals surface area contributed by atoms with Crippen LogP contribution in [-0.4, -0.2) is 21.0 Å². The number of ether oxygens (including phenoxy) is 1. The molecule has 2 atom stereocenters. The number of anilines is 1. The van der Waals surface area contributed by atoms with Crippen LogP contribution in [0.5, 0.6) is 0 Å². The molecule has 1 saturated carbocycles. The van der Waals surface area contributed by atoms with Gasteiger partial charge in [0.1, 0.15) is 11.4 Å². The van der Waals surface area contributed by atoms with Gasteiger partial charge in [-0.15, -0.1) is 0 Å². The Bertz CT molecular complexity index is 1250. The Kier molecular flexibility index (Phi) is 3.20. The fourth-order valence-electron chi connectivity index (χ4n) is 4.71. The lowest BCUT2D eigenvalue weighted by Gasteiger charge is -2.19. The van der Waals surface area contributed by atoms with Crippen LogP contribution in [0.15, 0.2) is 60.3 Å². The minimum Gasteiger partial charge on any atom is -0.398 e. The largest absolute Gasteiger partial charge is 0.398 e. The summed E-state index contributed by atoms with van der Waals surface area (Å²) in [5, 5.41) is 4.54. The summed E-state index contributed by atoms with van der Waals surface area (Å²) >= 11 is 0. The summed E-state index contributed by atoms with van der Waals surface area (Å²) < 4.78 is 21.5. The van der Waals surface area contributed by atoms with E-state index in [1.807, 2.05) is 35.1 Å². The van der Waals surface area contributed by atoms with Crippen LogP contribution in [0.25, 0.3) is 11.8 Å². The molecule has 1 unspecified atom stereocenters. The van der Waals surface area contributed by atoms with E-state index >= 15 is 0 Å². The lowest BCUT2D eigenvalue weighted by Crippen LogP contribution is -2.25. The fourth-order valence-corrected chi connectivity index (χ4v) is 4.71. The van der Waals surface area contributed by atoms with Crippen LogP contribution >= 0.6 is 0 Å². The third kappa shape index (κ3) is 2.27. The Morgan fingerprint density at radius 3 is 2.79 bits per heavy atom. The fraction of sp³-hybridized carbons (Fsp3) is 0.208. The van der Waals surface area contributed by atoms with E-state index in [-0.39, 0.29) is 11.4 Å². The van der Waals surface area contributed by atoms with Crippen molar-refractivity contribution in [2.24, 2.45) is 0 Å². The van der Waals surface area contributed by atoms with Crippen molar-refractivity contribution in [3.63, 3.8) is 0 Å². The highest BCUT2D eigenvalue weighted by Gasteiger charge is 2.75. The third-order valence-electron chi connectivity index (χ3n) is 6.29. The van der Waals surface area contributed by atoms with Gasteiger partial charge in [0.25, 0.3) is 0 Å². The molecule has 2 fully saturated rings. The van der Waals surface area contributed by atoms with E-state index in [2.05, 4.69) is 23.0 Å². The van der Waals surface area contributed by atoms with Gasteiger partial charge in [-0.3, -0.25) is 0 Å². The number of fused-ring (bicyclic) bond motifs is 1. The molecule has 0 amide bonds. The van der Waals surface area contributed by atoms with E-state index in [0.29, 0.717) is 5.69 Å². The van der Waals surface area contributed by atoms with Crippen LogP contribution < -0.4 is 5.73 Å². The number of nitrogens with two attached hydrogens (primary N) is 1. The maximum atomic E-state index is 13.3. The first-order chi connectivity index (χ1) is 14.1. The van der Waals surface area contributed by atoms with Crippen molar-refractivity contribution in [3.05, 3.63) is 82.9 Å². The summed E-state index contributed by atoms with van der Waals surface area (Å²) in [6.45, 7) is 0. The third-order valence-corrected chi connectivity index (χ3v) is 6.29. The molecular formula is C24H18FN3O. The van der Waals surface area contributed by atoms with E-state index in [1.165, 1.54) is 17.7 Å². The number of hydrogen-bond donors (Lipinski definition) is 1. The first-order valence-corrected chi connectivity index (χ1v) is 9.72. The Labute approximate surface area is 167 Å². The van der Waals surface area contributed by atoms with Crippen molar-refractivity contribution in [1.82, 2.24) is 9.78 Å². The van der Waals surface area contributed by atoms with Crippen LogP contribution in [-0.2, 0) is 11.2 Å². The highest BCUT2D eigenvalue weighted by atomic mass is 19.1. The van der Waals surface area contributed by atoms with Crippen LogP contribution in [0.3, 0.4) is 0 Å². The molecule has 2 aliphatic carbocycles. The lowest BCUT2D eigenvalue weighted by atomic mass is 9.83. The summed E-state index contributed by atoms with van der Waals surface area (Å²) in [6.07, 6.45) is 6.66. The van der Waals surface area contributed by atoms with Gasteiger partial charge in [0.15, 0.2) is 5.60 Å². The smallest absolute Gasteiger partial charge is 0.163 e. The zero-order chi connectivity index (χ0) is 19.6. The van der Waals surface area contributed by atoms with Gasteiger partial charge in [-0.1, -0.05) is 24.0 Å². The van der Waals surface area contributed by atoms with Gasteiger partial charge >= 0.3 is 0 Å². The van der Waals surface area contributed by atoms with Crippen molar-refractivity contribution in [1.29, 1.82) is 0 Å². The van der Waals surface area contributed by atoms with E-state index in [1.54, 1.807) is 12.1 Å². The lowest BCUT2D eigenvalue weighted by molar-refractivity contribution is 0.271. The molecule has 6 rings (SSSR count). The summed E-state index contributed by atoms with van der Waals surface area (Å²) in [6, 6.07) is 14.0. The van der Waals surface area contributed by atoms with Gasteiger partial charge in [0.05, 0.1) is 17.6 Å².